The van der Waals surface area contributed by atoms with E-state index < -0.39 is 10.0 Å². The number of hydrogen-bond acceptors (Lipinski definition) is 7. The van der Waals surface area contributed by atoms with Gasteiger partial charge in [0.25, 0.3) is 0 Å². The lowest BCUT2D eigenvalue weighted by atomic mass is 10.3. The van der Waals surface area contributed by atoms with E-state index in [1.807, 2.05) is 47.4 Å². The fourth-order valence-corrected chi connectivity index (χ4v) is 4.71. The van der Waals surface area contributed by atoms with Crippen LogP contribution in [0.2, 0.25) is 0 Å². The van der Waals surface area contributed by atoms with Gasteiger partial charge >= 0.3 is 0 Å². The average Bonchev–Trinajstić information content (AvgIpc) is 2.80. The lowest BCUT2D eigenvalue weighted by molar-refractivity contribution is 0.383. The third-order valence-electron chi connectivity index (χ3n) is 4.96. The maximum Gasteiger partial charge on any atom is 0.243 e. The van der Waals surface area contributed by atoms with Crippen LogP contribution >= 0.6 is 0 Å². The van der Waals surface area contributed by atoms with Crippen LogP contribution in [0.4, 0.5) is 17.3 Å². The Bertz CT molecular complexity index is 1070. The predicted molar refractivity (Wildman–Crippen MR) is 116 cm³/mol. The quantitative estimate of drug-likeness (QED) is 0.650. The zero-order chi connectivity index (χ0) is 21.0. The number of piperazine rings is 1. The number of para-hydroxylation sites is 1. The van der Waals surface area contributed by atoms with Gasteiger partial charge in [-0.3, -0.25) is 0 Å². The summed E-state index contributed by atoms with van der Waals surface area (Å²) in [6.45, 7) is 1.88. The molecule has 4 rings (SSSR count). The van der Waals surface area contributed by atoms with Gasteiger partial charge in [-0.15, -0.1) is 10.2 Å². The number of rotatable bonds is 6. The first kappa shape index (κ1) is 20.1. The van der Waals surface area contributed by atoms with Crippen molar-refractivity contribution in [3.63, 3.8) is 0 Å². The van der Waals surface area contributed by atoms with E-state index >= 15 is 0 Å². The fourth-order valence-electron chi connectivity index (χ4n) is 3.28. The third-order valence-corrected chi connectivity index (χ3v) is 6.87. The summed E-state index contributed by atoms with van der Waals surface area (Å²) in [5.74, 6) is 2.02. The highest BCUT2D eigenvalue weighted by molar-refractivity contribution is 7.89. The lowest BCUT2D eigenvalue weighted by Gasteiger charge is -2.34. The average molecular weight is 426 g/mol. The van der Waals surface area contributed by atoms with E-state index in [0.29, 0.717) is 37.7 Å². The summed E-state index contributed by atoms with van der Waals surface area (Å²) in [7, 11) is -1.98. The summed E-state index contributed by atoms with van der Waals surface area (Å²) in [5, 5.41) is 11.7. The highest BCUT2D eigenvalue weighted by Gasteiger charge is 2.29. The van der Waals surface area contributed by atoms with E-state index in [2.05, 4.69) is 15.5 Å². The molecule has 0 aliphatic carbocycles. The Morgan fingerprint density at radius 1 is 0.867 bits per heavy atom. The number of hydrogen-bond donors (Lipinski definition) is 1. The number of sulfonamides is 1. The summed E-state index contributed by atoms with van der Waals surface area (Å²) >= 11 is 0. The molecule has 1 aromatic heterocycles. The van der Waals surface area contributed by atoms with Crippen molar-refractivity contribution in [2.45, 2.75) is 4.90 Å². The minimum Gasteiger partial charge on any atom is -0.497 e. The Kier molecular flexibility index (Phi) is 5.82. The van der Waals surface area contributed by atoms with Crippen LogP contribution in [0.3, 0.4) is 0 Å². The molecule has 8 nitrogen and oxygen atoms in total. The molecular weight excluding hydrogens is 402 g/mol. The first-order valence-electron chi connectivity index (χ1n) is 9.61. The number of nitrogens with one attached hydrogen (secondary N) is 1. The van der Waals surface area contributed by atoms with Crippen molar-refractivity contribution >= 4 is 27.3 Å². The van der Waals surface area contributed by atoms with Crippen molar-refractivity contribution in [3.8, 4) is 5.75 Å². The zero-order valence-electron chi connectivity index (χ0n) is 16.6. The van der Waals surface area contributed by atoms with Gasteiger partial charge in [-0.25, -0.2) is 8.42 Å². The van der Waals surface area contributed by atoms with Crippen molar-refractivity contribution < 1.29 is 13.2 Å². The second kappa shape index (κ2) is 8.68. The smallest absolute Gasteiger partial charge is 0.243 e. The topological polar surface area (TPSA) is 87.7 Å². The van der Waals surface area contributed by atoms with Crippen molar-refractivity contribution in [3.05, 3.63) is 66.7 Å². The predicted octanol–water partition coefficient (Wildman–Crippen LogP) is 2.74. The van der Waals surface area contributed by atoms with Gasteiger partial charge in [0.2, 0.25) is 10.0 Å². The van der Waals surface area contributed by atoms with Crippen LogP contribution in [0, 0.1) is 0 Å². The molecule has 0 saturated carbocycles. The molecule has 156 valence electrons. The van der Waals surface area contributed by atoms with E-state index in [-0.39, 0.29) is 4.90 Å². The van der Waals surface area contributed by atoms with Crippen LogP contribution in [0.1, 0.15) is 0 Å². The summed E-state index contributed by atoms with van der Waals surface area (Å²) in [6.07, 6.45) is 0. The SMILES string of the molecule is COc1ccc(S(=O)(=O)N2CCN(c3ccc(Nc4ccccc4)nn3)CC2)cc1. The van der Waals surface area contributed by atoms with Crippen LogP contribution in [-0.2, 0) is 10.0 Å². The largest absolute Gasteiger partial charge is 0.497 e. The Morgan fingerprint density at radius 3 is 2.17 bits per heavy atom. The molecule has 9 heteroatoms. The summed E-state index contributed by atoms with van der Waals surface area (Å²) in [4.78, 5) is 2.31. The minimum atomic E-state index is -3.53. The zero-order valence-corrected chi connectivity index (χ0v) is 17.4. The number of nitrogens with zero attached hydrogens (tertiary/aromatic N) is 4. The Labute approximate surface area is 176 Å². The second-order valence-corrected chi connectivity index (χ2v) is 8.77. The van der Waals surface area contributed by atoms with Gasteiger partial charge in [0.15, 0.2) is 11.6 Å². The molecule has 0 radical (unpaired) electrons. The molecule has 0 unspecified atom stereocenters. The highest BCUT2D eigenvalue weighted by atomic mass is 32.2. The minimum absolute atomic E-state index is 0.271. The van der Waals surface area contributed by atoms with Gasteiger partial charge in [0, 0.05) is 31.9 Å². The Morgan fingerprint density at radius 2 is 1.57 bits per heavy atom. The molecule has 1 N–H and O–H groups in total. The highest BCUT2D eigenvalue weighted by Crippen LogP contribution is 2.22. The first-order chi connectivity index (χ1) is 14.6. The molecule has 1 fully saturated rings. The van der Waals surface area contributed by atoms with Gasteiger partial charge < -0.3 is 15.0 Å². The van der Waals surface area contributed by atoms with E-state index in [0.717, 1.165) is 11.5 Å². The molecule has 1 aliphatic heterocycles. The summed E-state index contributed by atoms with van der Waals surface area (Å²) in [6, 6.07) is 20.0. The molecule has 1 aliphatic rings. The van der Waals surface area contributed by atoms with Crippen LogP contribution in [0.15, 0.2) is 71.6 Å². The summed E-state index contributed by atoms with van der Waals surface area (Å²) in [5.41, 5.74) is 0.942. The van der Waals surface area contributed by atoms with Crippen molar-refractivity contribution in [1.82, 2.24) is 14.5 Å². The molecule has 0 atom stereocenters. The fraction of sp³-hybridized carbons (Fsp3) is 0.238. The van der Waals surface area contributed by atoms with Crippen molar-refractivity contribution in [2.75, 3.05) is 43.5 Å². The van der Waals surface area contributed by atoms with Crippen LogP contribution in [0.25, 0.3) is 0 Å². The number of ether oxygens (including phenoxy) is 1. The number of methoxy groups -OCH3 is 1. The molecule has 0 bridgehead atoms. The van der Waals surface area contributed by atoms with Crippen LogP contribution in [-0.4, -0.2) is 56.2 Å². The molecular formula is C21H23N5O3S. The maximum absolute atomic E-state index is 12.9. The van der Waals surface area contributed by atoms with E-state index in [1.165, 1.54) is 4.31 Å². The maximum atomic E-state index is 12.9. The molecule has 2 aromatic carbocycles. The van der Waals surface area contributed by atoms with Gasteiger partial charge in [-0.05, 0) is 48.5 Å². The Balaban J connectivity index is 1.38. The summed E-state index contributed by atoms with van der Waals surface area (Å²) < 4.78 is 32.4. The van der Waals surface area contributed by atoms with E-state index in [1.54, 1.807) is 31.4 Å². The first-order valence-corrected chi connectivity index (χ1v) is 11.1. The van der Waals surface area contributed by atoms with Crippen molar-refractivity contribution in [1.29, 1.82) is 0 Å². The Hall–Kier alpha value is -3.17. The normalized spacial score (nSPS) is 15.0. The molecule has 3 aromatic rings. The second-order valence-electron chi connectivity index (χ2n) is 6.83. The monoisotopic (exact) mass is 425 g/mol. The third kappa shape index (κ3) is 4.37. The molecule has 30 heavy (non-hydrogen) atoms. The molecule has 0 amide bonds. The van der Waals surface area contributed by atoms with Crippen LogP contribution in [0.5, 0.6) is 5.75 Å². The molecule has 1 saturated heterocycles. The number of aromatic nitrogens is 2. The van der Waals surface area contributed by atoms with E-state index in [4.69, 9.17) is 4.74 Å². The standard InChI is InChI=1S/C21H23N5O3S/c1-29-18-7-9-19(10-8-18)30(27,28)26-15-13-25(14-16-26)21-12-11-20(23-24-21)22-17-5-3-2-4-6-17/h2-12H,13-16H2,1H3,(H,22,23). The van der Waals surface area contributed by atoms with E-state index in [9.17, 15) is 8.42 Å². The number of benzene rings is 2. The van der Waals surface area contributed by atoms with Gasteiger partial charge in [0.1, 0.15) is 5.75 Å². The van der Waals surface area contributed by atoms with Gasteiger partial charge in [0.05, 0.1) is 12.0 Å². The molecule has 0 spiro atoms. The number of anilines is 3. The van der Waals surface area contributed by atoms with Gasteiger partial charge in [-0.2, -0.15) is 4.31 Å². The lowest BCUT2D eigenvalue weighted by Crippen LogP contribution is -2.48. The molecule has 2 heterocycles. The van der Waals surface area contributed by atoms with Crippen LogP contribution < -0.4 is 15.0 Å². The van der Waals surface area contributed by atoms with Crippen molar-refractivity contribution in [2.24, 2.45) is 0 Å². The van der Waals surface area contributed by atoms with Gasteiger partial charge in [-0.1, -0.05) is 18.2 Å².